The molecule has 8 nitrogen and oxygen atoms in total. The number of rotatable bonds is 2. The molecule has 3 heterocycles. The number of aromatic nitrogens is 2. The Balaban J connectivity index is 1.41. The highest BCUT2D eigenvalue weighted by Gasteiger charge is 2.43. The number of nitrogens with one attached hydrogen (secondary N) is 2. The number of ether oxygens (including phenoxy) is 1. The minimum absolute atomic E-state index is 0.277. The summed E-state index contributed by atoms with van der Waals surface area (Å²) in [6.07, 6.45) is 5.82. The smallest absolute Gasteiger partial charge is 0.326 e. The van der Waals surface area contributed by atoms with E-state index in [2.05, 4.69) is 17.4 Å². The van der Waals surface area contributed by atoms with Gasteiger partial charge in [0.15, 0.2) is 0 Å². The summed E-state index contributed by atoms with van der Waals surface area (Å²) in [7, 11) is 3.84. The minimum Gasteiger partial charge on any atom is -0.493 e. The fourth-order valence-electron chi connectivity index (χ4n) is 6.96. The molecule has 6 rings (SSSR count). The van der Waals surface area contributed by atoms with Crippen LogP contribution in [-0.2, 0) is 30.4 Å². The number of allylic oxidation sites excluding steroid dienone is 1. The van der Waals surface area contributed by atoms with E-state index in [-0.39, 0.29) is 5.92 Å². The van der Waals surface area contributed by atoms with Gasteiger partial charge in [-0.25, -0.2) is 4.79 Å². The number of thioether (sulfide) groups is 2. The summed E-state index contributed by atoms with van der Waals surface area (Å²) in [5, 5.41) is 27.9. The molecule has 0 saturated heterocycles. The predicted molar refractivity (Wildman–Crippen MR) is 186 cm³/mol. The highest BCUT2D eigenvalue weighted by Crippen LogP contribution is 2.50. The fraction of sp³-hybridized carbons (Fsp3) is 0.441. The second-order valence-corrected chi connectivity index (χ2v) is 14.4. The summed E-state index contributed by atoms with van der Waals surface area (Å²) in [4.78, 5) is 15.9. The molecular weight excluding hydrogens is 626 g/mol. The largest absolute Gasteiger partial charge is 0.493 e. The van der Waals surface area contributed by atoms with Gasteiger partial charge in [-0.15, -0.1) is 23.5 Å². The van der Waals surface area contributed by atoms with E-state index in [4.69, 9.17) is 26.8 Å². The second kappa shape index (κ2) is 13.3. The van der Waals surface area contributed by atoms with E-state index in [1.807, 2.05) is 55.7 Å². The molecule has 6 bridgehead atoms. The zero-order chi connectivity index (χ0) is 31.8. The summed E-state index contributed by atoms with van der Waals surface area (Å²) < 4.78 is 8.31. The maximum Gasteiger partial charge on any atom is 0.326 e. The number of aliphatic carboxylic acids is 1. The number of carbonyl (C=O) groups is 1. The molecule has 2 aliphatic heterocycles. The summed E-state index contributed by atoms with van der Waals surface area (Å²) in [6, 6.07) is 7.60. The number of benzene rings is 2. The van der Waals surface area contributed by atoms with Crippen molar-refractivity contribution in [3.8, 4) is 16.9 Å². The van der Waals surface area contributed by atoms with Crippen LogP contribution in [0.15, 0.2) is 40.9 Å². The number of anilines is 1. The number of halogens is 1. The Morgan fingerprint density at radius 1 is 1.18 bits per heavy atom. The summed E-state index contributed by atoms with van der Waals surface area (Å²) in [5.41, 5.74) is 9.76. The average Bonchev–Trinajstić information content (AvgIpc) is 3.67. The zero-order valence-corrected chi connectivity index (χ0v) is 28.6. The SMILES string of the molecule is CN/C1=C\C(=N)CSCc2nn(C)c(C)c2-c2c(Cl)ccc3c2C(C)C(C(=O)O)N3CCCOc2cc(cc3c2CCC3)SC1. The Hall–Kier alpha value is -3.08. The Morgan fingerprint density at radius 3 is 2.78 bits per heavy atom. The van der Waals surface area contributed by atoms with Crippen molar-refractivity contribution >= 4 is 52.5 Å². The molecule has 0 spiro atoms. The normalized spacial score (nSPS) is 21.7. The van der Waals surface area contributed by atoms with E-state index < -0.39 is 12.0 Å². The molecule has 3 aromatic rings. The van der Waals surface area contributed by atoms with Gasteiger partial charge in [0.1, 0.15) is 11.8 Å². The Kier molecular flexibility index (Phi) is 9.45. The lowest BCUT2D eigenvalue weighted by Gasteiger charge is -2.26. The first-order valence-electron chi connectivity index (χ1n) is 15.5. The molecule has 3 aliphatic rings. The molecule has 1 aliphatic carbocycles. The van der Waals surface area contributed by atoms with Crippen LogP contribution >= 0.6 is 35.1 Å². The van der Waals surface area contributed by atoms with E-state index in [0.717, 1.165) is 75.1 Å². The van der Waals surface area contributed by atoms with Crippen molar-refractivity contribution in [3.05, 3.63) is 69.1 Å². The molecule has 0 fully saturated rings. The Labute approximate surface area is 278 Å². The van der Waals surface area contributed by atoms with E-state index >= 15 is 0 Å². The van der Waals surface area contributed by atoms with Gasteiger partial charge < -0.3 is 25.5 Å². The van der Waals surface area contributed by atoms with Crippen molar-refractivity contribution < 1.29 is 14.6 Å². The number of aryl methyl sites for hydroxylation is 2. The third kappa shape index (κ3) is 6.21. The first kappa shape index (κ1) is 31.9. The first-order valence-corrected chi connectivity index (χ1v) is 18.0. The monoisotopic (exact) mass is 665 g/mol. The van der Waals surface area contributed by atoms with E-state index in [1.54, 1.807) is 23.5 Å². The molecule has 0 amide bonds. The van der Waals surface area contributed by atoms with Crippen molar-refractivity contribution in [2.24, 2.45) is 7.05 Å². The van der Waals surface area contributed by atoms with Crippen molar-refractivity contribution in [1.82, 2.24) is 15.1 Å². The van der Waals surface area contributed by atoms with Crippen LogP contribution in [0.25, 0.3) is 11.1 Å². The molecular formula is C34H40ClN5O3S2. The minimum atomic E-state index is -0.843. The molecule has 0 saturated carbocycles. The number of carboxylic acids is 1. The van der Waals surface area contributed by atoms with Gasteiger partial charge in [0.05, 0.1) is 12.3 Å². The highest BCUT2D eigenvalue weighted by molar-refractivity contribution is 7.99. The predicted octanol–water partition coefficient (Wildman–Crippen LogP) is 6.85. The fourth-order valence-corrected chi connectivity index (χ4v) is 8.98. The van der Waals surface area contributed by atoms with Gasteiger partial charge in [0.25, 0.3) is 0 Å². The van der Waals surface area contributed by atoms with Crippen LogP contribution in [-0.4, -0.2) is 64.3 Å². The lowest BCUT2D eigenvalue weighted by molar-refractivity contribution is -0.138. The van der Waals surface area contributed by atoms with E-state index in [0.29, 0.717) is 41.8 Å². The second-order valence-electron chi connectivity index (χ2n) is 12.0. The molecule has 2 unspecified atom stereocenters. The molecule has 238 valence electrons. The number of carboxylic acid groups (broad SMARTS) is 1. The molecule has 2 atom stereocenters. The van der Waals surface area contributed by atoms with Crippen LogP contribution in [0, 0.1) is 12.3 Å². The maximum atomic E-state index is 12.7. The van der Waals surface area contributed by atoms with Gasteiger partial charge in [-0.1, -0.05) is 18.5 Å². The number of hydrogen-bond donors (Lipinski definition) is 3. The summed E-state index contributed by atoms with van der Waals surface area (Å²) in [6.45, 7) is 5.07. The van der Waals surface area contributed by atoms with Crippen molar-refractivity contribution in [1.29, 1.82) is 5.41 Å². The molecule has 3 N–H and O–H groups in total. The summed E-state index contributed by atoms with van der Waals surface area (Å²) in [5.74, 6) is 1.69. The lowest BCUT2D eigenvalue weighted by atomic mass is 9.89. The zero-order valence-electron chi connectivity index (χ0n) is 26.2. The van der Waals surface area contributed by atoms with Crippen molar-refractivity contribution in [3.63, 3.8) is 0 Å². The molecule has 1 aromatic heterocycles. The average molecular weight is 666 g/mol. The van der Waals surface area contributed by atoms with Gasteiger partial charge in [0, 0.05) is 87.7 Å². The lowest BCUT2D eigenvalue weighted by Crippen LogP contribution is -2.41. The van der Waals surface area contributed by atoms with Crippen LogP contribution in [0.2, 0.25) is 5.02 Å². The van der Waals surface area contributed by atoms with Crippen LogP contribution in [0.3, 0.4) is 0 Å². The van der Waals surface area contributed by atoms with Crippen LogP contribution in [0.5, 0.6) is 5.75 Å². The van der Waals surface area contributed by atoms with Gasteiger partial charge in [-0.3, -0.25) is 4.68 Å². The van der Waals surface area contributed by atoms with Crippen LogP contribution in [0.1, 0.15) is 53.8 Å². The topological polar surface area (TPSA) is 103 Å². The Bertz CT molecular complexity index is 1690. The van der Waals surface area contributed by atoms with E-state index in [1.165, 1.54) is 11.1 Å². The quantitative estimate of drug-likeness (QED) is 0.273. The highest BCUT2D eigenvalue weighted by atomic mass is 35.5. The standard InChI is InChI=1S/C34H40ClN5O3S2/c1-19-30-28-10-9-26(35)32(30)31-20(2)39(4)38-27(31)18-44-16-22(36)14-23(37-3)17-45-24-13-21-7-5-8-25(21)29(15-24)43-12-6-11-40(28)33(19)34(41)42/h9-10,13-15,19,33,36-37H,5-8,11-12,16-18H2,1-4H3,(H,41,42)/b23-14-,36-22?. The number of nitrogens with zero attached hydrogens (tertiary/aromatic N) is 3. The van der Waals surface area contributed by atoms with Crippen LogP contribution in [0.4, 0.5) is 5.69 Å². The molecule has 45 heavy (non-hydrogen) atoms. The molecule has 11 heteroatoms. The van der Waals surface area contributed by atoms with E-state index in [9.17, 15) is 9.90 Å². The van der Waals surface area contributed by atoms with Gasteiger partial charge >= 0.3 is 5.97 Å². The number of hydrogen-bond acceptors (Lipinski definition) is 8. The van der Waals surface area contributed by atoms with Gasteiger partial charge in [-0.05, 0) is 79.6 Å². The van der Waals surface area contributed by atoms with Gasteiger partial charge in [0.2, 0.25) is 0 Å². The number of fused-ring (bicyclic) bond motifs is 6. The molecule has 0 radical (unpaired) electrons. The first-order chi connectivity index (χ1) is 21.7. The van der Waals surface area contributed by atoms with Gasteiger partial charge in [-0.2, -0.15) is 5.10 Å². The van der Waals surface area contributed by atoms with Crippen molar-refractivity contribution in [2.75, 3.05) is 36.6 Å². The third-order valence-corrected chi connectivity index (χ3v) is 11.5. The molecule has 2 aromatic carbocycles. The van der Waals surface area contributed by atoms with Crippen molar-refractivity contribution in [2.45, 2.75) is 62.1 Å². The maximum absolute atomic E-state index is 12.7. The Morgan fingerprint density at radius 2 is 2.00 bits per heavy atom. The summed E-state index contributed by atoms with van der Waals surface area (Å²) >= 11 is 10.4. The van der Waals surface area contributed by atoms with Crippen LogP contribution < -0.4 is 15.0 Å². The third-order valence-electron chi connectivity index (χ3n) is 9.16.